The third-order valence-electron chi connectivity index (χ3n) is 3.81. The van der Waals surface area contributed by atoms with E-state index < -0.39 is 21.9 Å². The van der Waals surface area contributed by atoms with E-state index in [9.17, 15) is 18.0 Å². The summed E-state index contributed by atoms with van der Waals surface area (Å²) in [6.45, 7) is 0.590. The van der Waals surface area contributed by atoms with Crippen LogP contribution in [0.1, 0.15) is 23.2 Å². The molecule has 0 bridgehead atoms. The molecular formula is C15H20N2O5S. The van der Waals surface area contributed by atoms with Crippen molar-refractivity contribution in [3.8, 4) is 0 Å². The Labute approximate surface area is 135 Å². The third kappa shape index (κ3) is 4.29. The van der Waals surface area contributed by atoms with E-state index in [1.807, 2.05) is 0 Å². The Morgan fingerprint density at radius 3 is 2.65 bits per heavy atom. The number of hydrogen-bond acceptors (Lipinski definition) is 5. The molecule has 1 aliphatic rings. The largest absolute Gasteiger partial charge is 0.465 e. The van der Waals surface area contributed by atoms with Gasteiger partial charge in [-0.1, -0.05) is 12.1 Å². The van der Waals surface area contributed by atoms with Crippen LogP contribution in [0.3, 0.4) is 0 Å². The summed E-state index contributed by atoms with van der Waals surface area (Å²) in [6.07, 6.45) is 2.38. The van der Waals surface area contributed by atoms with Crippen molar-refractivity contribution in [1.29, 1.82) is 0 Å². The molecule has 0 aromatic heterocycles. The minimum Gasteiger partial charge on any atom is -0.465 e. The van der Waals surface area contributed by atoms with E-state index in [4.69, 9.17) is 0 Å². The molecule has 1 saturated heterocycles. The van der Waals surface area contributed by atoms with Crippen LogP contribution in [-0.2, 0) is 19.6 Å². The van der Waals surface area contributed by atoms with Crippen LogP contribution in [0, 0.1) is 5.92 Å². The molecule has 0 spiro atoms. The summed E-state index contributed by atoms with van der Waals surface area (Å²) in [7, 11) is -2.04. The molecule has 2 rings (SSSR count). The number of anilines is 1. The molecule has 1 aromatic rings. The highest BCUT2D eigenvalue weighted by Gasteiger charge is 2.30. The second-order valence-electron chi connectivity index (χ2n) is 5.49. The van der Waals surface area contributed by atoms with E-state index in [1.165, 1.54) is 11.4 Å². The van der Waals surface area contributed by atoms with Crippen LogP contribution in [0.4, 0.5) is 5.69 Å². The number of carbonyl (C=O) groups excluding carboxylic acids is 2. The smallest absolute Gasteiger partial charge is 0.339 e. The summed E-state index contributed by atoms with van der Waals surface area (Å²) in [5, 5.41) is 2.71. The molecule has 1 N–H and O–H groups in total. The molecule has 1 atom stereocenters. The number of carbonyl (C=O) groups is 2. The number of nitrogens with one attached hydrogen (secondary N) is 1. The summed E-state index contributed by atoms with van der Waals surface area (Å²) in [5.41, 5.74) is 0.625. The highest BCUT2D eigenvalue weighted by atomic mass is 32.2. The van der Waals surface area contributed by atoms with Crippen LogP contribution in [-0.4, -0.2) is 51.1 Å². The van der Waals surface area contributed by atoms with Crippen molar-refractivity contribution in [2.24, 2.45) is 5.92 Å². The molecule has 23 heavy (non-hydrogen) atoms. The lowest BCUT2D eigenvalue weighted by atomic mass is 9.98. The van der Waals surface area contributed by atoms with Gasteiger partial charge in [-0.15, -0.1) is 0 Å². The van der Waals surface area contributed by atoms with Crippen molar-refractivity contribution in [3.63, 3.8) is 0 Å². The molecule has 1 aliphatic heterocycles. The first kappa shape index (κ1) is 17.4. The molecule has 7 nitrogen and oxygen atoms in total. The Hall–Kier alpha value is -1.93. The fourth-order valence-electron chi connectivity index (χ4n) is 2.57. The summed E-state index contributed by atoms with van der Waals surface area (Å²) >= 11 is 0. The number of para-hydroxylation sites is 1. The molecular weight excluding hydrogens is 320 g/mol. The molecule has 1 aromatic carbocycles. The van der Waals surface area contributed by atoms with Crippen LogP contribution >= 0.6 is 0 Å². The van der Waals surface area contributed by atoms with Crippen molar-refractivity contribution in [3.05, 3.63) is 29.8 Å². The highest BCUT2D eigenvalue weighted by Crippen LogP contribution is 2.22. The van der Waals surface area contributed by atoms with Gasteiger partial charge in [-0.05, 0) is 25.0 Å². The summed E-state index contributed by atoms with van der Waals surface area (Å²) in [6, 6.07) is 6.55. The van der Waals surface area contributed by atoms with Crippen LogP contribution in [0.15, 0.2) is 24.3 Å². The van der Waals surface area contributed by atoms with E-state index in [0.717, 1.165) is 6.26 Å². The van der Waals surface area contributed by atoms with E-state index in [-0.39, 0.29) is 18.0 Å². The number of ether oxygens (including phenoxy) is 1. The quantitative estimate of drug-likeness (QED) is 0.828. The standard InChI is InChI=1S/C15H20N2O5S/c1-22-15(19)12-7-3-4-8-13(12)16-14(18)11-6-5-9-17(10-11)23(2,20)21/h3-4,7-8,11H,5-6,9-10H2,1-2H3,(H,16,18)/t11-/m0/s1. The second kappa shape index (κ2) is 7.10. The predicted molar refractivity (Wildman–Crippen MR) is 85.6 cm³/mol. The van der Waals surface area contributed by atoms with Gasteiger partial charge in [0, 0.05) is 13.1 Å². The van der Waals surface area contributed by atoms with Gasteiger partial charge >= 0.3 is 5.97 Å². The summed E-state index contributed by atoms with van der Waals surface area (Å²) < 4.78 is 29.3. The second-order valence-corrected chi connectivity index (χ2v) is 7.47. The zero-order valence-corrected chi connectivity index (χ0v) is 13.9. The van der Waals surface area contributed by atoms with E-state index in [1.54, 1.807) is 24.3 Å². The number of piperidine rings is 1. The van der Waals surface area contributed by atoms with Gasteiger partial charge in [-0.2, -0.15) is 0 Å². The molecule has 0 aliphatic carbocycles. The van der Waals surface area contributed by atoms with Gasteiger partial charge < -0.3 is 10.1 Å². The topological polar surface area (TPSA) is 92.8 Å². The monoisotopic (exact) mass is 340 g/mol. The summed E-state index contributed by atoms with van der Waals surface area (Å²) in [5.74, 6) is -1.28. The van der Waals surface area contributed by atoms with Gasteiger partial charge in [0.15, 0.2) is 0 Å². The number of nitrogens with zero attached hydrogens (tertiary/aromatic N) is 1. The summed E-state index contributed by atoms with van der Waals surface area (Å²) in [4.78, 5) is 24.1. The van der Waals surface area contributed by atoms with Gasteiger partial charge in [-0.25, -0.2) is 17.5 Å². The van der Waals surface area contributed by atoms with Gasteiger partial charge in [0.05, 0.1) is 30.5 Å². The van der Waals surface area contributed by atoms with Crippen molar-refractivity contribution in [2.45, 2.75) is 12.8 Å². The maximum atomic E-state index is 12.4. The highest BCUT2D eigenvalue weighted by molar-refractivity contribution is 7.88. The molecule has 8 heteroatoms. The molecule has 1 fully saturated rings. The number of rotatable bonds is 4. The number of esters is 1. The lowest BCUT2D eigenvalue weighted by molar-refractivity contribution is -0.120. The van der Waals surface area contributed by atoms with Crippen molar-refractivity contribution >= 4 is 27.6 Å². The van der Waals surface area contributed by atoms with Crippen molar-refractivity contribution < 1.29 is 22.7 Å². The maximum absolute atomic E-state index is 12.4. The Kier molecular flexibility index (Phi) is 5.38. The maximum Gasteiger partial charge on any atom is 0.339 e. The average Bonchev–Trinajstić information content (AvgIpc) is 2.54. The SMILES string of the molecule is COC(=O)c1ccccc1NC(=O)[C@H]1CCCN(S(C)(=O)=O)C1. The molecule has 0 saturated carbocycles. The zero-order valence-electron chi connectivity index (χ0n) is 13.1. The lowest BCUT2D eigenvalue weighted by Gasteiger charge is -2.30. The van der Waals surface area contributed by atoms with Gasteiger partial charge in [0.25, 0.3) is 0 Å². The number of benzene rings is 1. The van der Waals surface area contributed by atoms with Crippen molar-refractivity contribution in [1.82, 2.24) is 4.31 Å². The number of sulfonamides is 1. The van der Waals surface area contributed by atoms with Crippen LogP contribution < -0.4 is 5.32 Å². The minimum absolute atomic E-state index is 0.158. The normalized spacial score (nSPS) is 19.1. The van der Waals surface area contributed by atoms with Gasteiger partial charge in [-0.3, -0.25) is 4.79 Å². The van der Waals surface area contributed by atoms with Crippen LogP contribution in [0.5, 0.6) is 0 Å². The van der Waals surface area contributed by atoms with E-state index in [0.29, 0.717) is 25.1 Å². The van der Waals surface area contributed by atoms with Crippen LogP contribution in [0.25, 0.3) is 0 Å². The fourth-order valence-corrected chi connectivity index (χ4v) is 3.48. The third-order valence-corrected chi connectivity index (χ3v) is 5.08. The first-order valence-corrected chi connectivity index (χ1v) is 9.11. The molecule has 1 heterocycles. The number of amides is 1. The first-order valence-electron chi connectivity index (χ1n) is 7.26. The number of hydrogen-bond donors (Lipinski definition) is 1. The molecule has 0 radical (unpaired) electrons. The number of methoxy groups -OCH3 is 1. The molecule has 0 unspecified atom stereocenters. The predicted octanol–water partition coefficient (Wildman–Crippen LogP) is 1.08. The Bertz CT molecular complexity index is 702. The lowest BCUT2D eigenvalue weighted by Crippen LogP contribution is -2.43. The van der Waals surface area contributed by atoms with Crippen molar-refractivity contribution in [2.75, 3.05) is 31.8 Å². The first-order chi connectivity index (χ1) is 10.8. The fraction of sp³-hybridized carbons (Fsp3) is 0.467. The Morgan fingerprint density at radius 1 is 1.30 bits per heavy atom. The molecule has 126 valence electrons. The molecule has 1 amide bonds. The Morgan fingerprint density at radius 2 is 2.00 bits per heavy atom. The zero-order chi connectivity index (χ0) is 17.0. The van der Waals surface area contributed by atoms with Gasteiger partial charge in [0.1, 0.15) is 0 Å². The van der Waals surface area contributed by atoms with E-state index >= 15 is 0 Å². The Balaban J connectivity index is 2.12. The average molecular weight is 340 g/mol. The van der Waals surface area contributed by atoms with Gasteiger partial charge in [0.2, 0.25) is 15.9 Å². The van der Waals surface area contributed by atoms with E-state index in [2.05, 4.69) is 10.1 Å². The minimum atomic E-state index is -3.31. The van der Waals surface area contributed by atoms with Crippen LogP contribution in [0.2, 0.25) is 0 Å².